The summed E-state index contributed by atoms with van der Waals surface area (Å²) < 4.78 is 1.50. The molecule has 18 heavy (non-hydrogen) atoms. The molecule has 1 aromatic heterocycles. The molecule has 1 saturated heterocycles. The number of aromatic nitrogens is 2. The zero-order valence-electron chi connectivity index (χ0n) is 10.9. The van der Waals surface area contributed by atoms with Crippen LogP contribution in [0.25, 0.3) is 0 Å². The summed E-state index contributed by atoms with van der Waals surface area (Å²) in [6.07, 6.45) is 5.37. The van der Waals surface area contributed by atoms with Gasteiger partial charge >= 0.3 is 0 Å². The number of nitrogens with two attached hydrogens (primary N) is 1. The minimum atomic E-state index is -0.141. The summed E-state index contributed by atoms with van der Waals surface area (Å²) in [6.45, 7) is 3.86. The largest absolute Gasteiger partial charge is 0.383 e. The van der Waals surface area contributed by atoms with E-state index in [2.05, 4.69) is 15.3 Å². The van der Waals surface area contributed by atoms with Crippen molar-refractivity contribution in [3.8, 4) is 0 Å². The summed E-state index contributed by atoms with van der Waals surface area (Å²) in [7, 11) is 1.72. The fraction of sp³-hybridized carbons (Fsp3) is 0.667. The molecule has 0 saturated carbocycles. The number of aryl methyl sites for hydroxylation is 1. The van der Waals surface area contributed by atoms with Crippen LogP contribution < -0.4 is 11.1 Å². The molecule has 0 unspecified atom stereocenters. The highest BCUT2D eigenvalue weighted by molar-refractivity contribution is 5.98. The average molecular weight is 251 g/mol. The van der Waals surface area contributed by atoms with Gasteiger partial charge < -0.3 is 16.0 Å². The van der Waals surface area contributed by atoms with Crippen LogP contribution in [0, 0.1) is 0 Å². The van der Waals surface area contributed by atoms with Crippen molar-refractivity contribution in [1.82, 2.24) is 20.0 Å². The van der Waals surface area contributed by atoms with Gasteiger partial charge in [0.25, 0.3) is 5.91 Å². The smallest absolute Gasteiger partial charge is 0.256 e. The maximum absolute atomic E-state index is 11.9. The molecule has 3 N–H and O–H groups in total. The van der Waals surface area contributed by atoms with E-state index in [0.29, 0.717) is 17.9 Å². The number of nitrogens with zero attached hydrogens (tertiary/aromatic N) is 3. The second-order valence-corrected chi connectivity index (χ2v) is 4.73. The molecule has 0 radical (unpaired) electrons. The number of amides is 1. The van der Waals surface area contributed by atoms with Gasteiger partial charge in [-0.15, -0.1) is 0 Å². The Hall–Kier alpha value is -1.56. The maximum atomic E-state index is 11.9. The Balaban J connectivity index is 1.76. The molecule has 1 fully saturated rings. The molecule has 1 aliphatic rings. The van der Waals surface area contributed by atoms with Gasteiger partial charge in [-0.25, -0.2) is 0 Å². The number of nitrogen functional groups attached to an aromatic ring is 1. The fourth-order valence-corrected chi connectivity index (χ4v) is 2.23. The minimum Gasteiger partial charge on any atom is -0.383 e. The second kappa shape index (κ2) is 5.86. The van der Waals surface area contributed by atoms with E-state index in [0.717, 1.165) is 19.6 Å². The first-order valence-corrected chi connectivity index (χ1v) is 6.46. The number of piperidine rings is 1. The Morgan fingerprint density at radius 2 is 2.17 bits per heavy atom. The Morgan fingerprint density at radius 3 is 2.78 bits per heavy atom. The lowest BCUT2D eigenvalue weighted by atomic mass is 10.1. The molecule has 0 atom stereocenters. The van der Waals surface area contributed by atoms with Crippen molar-refractivity contribution < 1.29 is 4.79 Å². The average Bonchev–Trinajstić information content (AvgIpc) is 2.71. The molecule has 0 aliphatic carbocycles. The van der Waals surface area contributed by atoms with Crippen molar-refractivity contribution in [3.05, 3.63) is 11.8 Å². The van der Waals surface area contributed by atoms with Crippen LogP contribution in [-0.2, 0) is 7.05 Å². The van der Waals surface area contributed by atoms with Crippen molar-refractivity contribution in [2.75, 3.05) is 31.9 Å². The summed E-state index contributed by atoms with van der Waals surface area (Å²) in [5, 5.41) is 6.84. The van der Waals surface area contributed by atoms with Crippen LogP contribution in [0.15, 0.2) is 6.20 Å². The molecule has 0 aromatic carbocycles. The van der Waals surface area contributed by atoms with Crippen LogP contribution >= 0.6 is 0 Å². The van der Waals surface area contributed by atoms with Gasteiger partial charge in [-0.1, -0.05) is 6.42 Å². The molecule has 2 rings (SSSR count). The van der Waals surface area contributed by atoms with Crippen LogP contribution in [0.5, 0.6) is 0 Å². The van der Waals surface area contributed by atoms with Gasteiger partial charge in [0.1, 0.15) is 11.4 Å². The van der Waals surface area contributed by atoms with Gasteiger partial charge in [-0.3, -0.25) is 9.48 Å². The summed E-state index contributed by atoms with van der Waals surface area (Å²) in [5.41, 5.74) is 6.20. The maximum Gasteiger partial charge on any atom is 0.256 e. The molecule has 6 heteroatoms. The van der Waals surface area contributed by atoms with Gasteiger partial charge in [0.2, 0.25) is 0 Å². The topological polar surface area (TPSA) is 76.2 Å². The molecule has 1 aromatic rings. The molecule has 2 heterocycles. The van der Waals surface area contributed by atoms with Crippen LogP contribution in [0.2, 0.25) is 0 Å². The Labute approximate surface area is 107 Å². The lowest BCUT2D eigenvalue weighted by Gasteiger charge is -2.26. The number of likely N-dealkylation sites (tertiary alicyclic amines) is 1. The normalized spacial score (nSPS) is 16.7. The first-order valence-electron chi connectivity index (χ1n) is 6.46. The van der Waals surface area contributed by atoms with E-state index < -0.39 is 0 Å². The SMILES string of the molecule is Cn1ncc(C(=O)NCCN2CCCCC2)c1N. The third kappa shape index (κ3) is 3.01. The summed E-state index contributed by atoms with van der Waals surface area (Å²) in [6, 6.07) is 0. The Bertz CT molecular complexity index is 409. The minimum absolute atomic E-state index is 0.141. The monoisotopic (exact) mass is 251 g/mol. The van der Waals surface area contributed by atoms with Crippen molar-refractivity contribution in [2.24, 2.45) is 7.05 Å². The van der Waals surface area contributed by atoms with E-state index in [1.165, 1.54) is 30.1 Å². The highest BCUT2D eigenvalue weighted by Crippen LogP contribution is 2.09. The number of hydrogen-bond acceptors (Lipinski definition) is 4. The number of rotatable bonds is 4. The van der Waals surface area contributed by atoms with Crippen molar-refractivity contribution in [3.63, 3.8) is 0 Å². The Kier molecular flexibility index (Phi) is 4.19. The molecular weight excluding hydrogens is 230 g/mol. The number of carbonyl (C=O) groups excluding carboxylic acids is 1. The molecule has 1 aliphatic heterocycles. The molecular formula is C12H21N5O. The zero-order chi connectivity index (χ0) is 13.0. The third-order valence-corrected chi connectivity index (χ3v) is 3.39. The predicted molar refractivity (Wildman–Crippen MR) is 70.2 cm³/mol. The lowest BCUT2D eigenvalue weighted by Crippen LogP contribution is -2.37. The van der Waals surface area contributed by atoms with Crippen LogP contribution in [0.4, 0.5) is 5.82 Å². The van der Waals surface area contributed by atoms with Crippen molar-refractivity contribution in [1.29, 1.82) is 0 Å². The first-order chi connectivity index (χ1) is 8.68. The molecule has 1 amide bonds. The number of anilines is 1. The molecule has 100 valence electrons. The summed E-state index contributed by atoms with van der Waals surface area (Å²) in [5.74, 6) is 0.267. The van der Waals surface area contributed by atoms with Gasteiger partial charge in [-0.05, 0) is 25.9 Å². The van der Waals surface area contributed by atoms with E-state index >= 15 is 0 Å². The summed E-state index contributed by atoms with van der Waals surface area (Å²) in [4.78, 5) is 14.2. The quantitative estimate of drug-likeness (QED) is 0.802. The lowest BCUT2D eigenvalue weighted by molar-refractivity contribution is 0.0947. The van der Waals surface area contributed by atoms with E-state index in [4.69, 9.17) is 5.73 Å². The molecule has 0 spiro atoms. The summed E-state index contributed by atoms with van der Waals surface area (Å²) >= 11 is 0. The molecule has 6 nitrogen and oxygen atoms in total. The van der Waals surface area contributed by atoms with E-state index in [1.54, 1.807) is 7.05 Å². The van der Waals surface area contributed by atoms with Crippen LogP contribution in [-0.4, -0.2) is 46.8 Å². The predicted octanol–water partition coefficient (Wildman–Crippen LogP) is 0.218. The standard InChI is InChI=1S/C12H21N5O/c1-16-11(13)10(9-15-16)12(18)14-5-8-17-6-3-2-4-7-17/h9H,2-8,13H2,1H3,(H,14,18). The number of nitrogens with one attached hydrogen (secondary N) is 1. The van der Waals surface area contributed by atoms with Gasteiger partial charge in [0.05, 0.1) is 6.20 Å². The van der Waals surface area contributed by atoms with Crippen LogP contribution in [0.3, 0.4) is 0 Å². The van der Waals surface area contributed by atoms with E-state index in [9.17, 15) is 4.79 Å². The van der Waals surface area contributed by atoms with Gasteiger partial charge in [0, 0.05) is 20.1 Å². The first kappa shape index (κ1) is 12.9. The molecule has 0 bridgehead atoms. The van der Waals surface area contributed by atoms with Gasteiger partial charge in [0.15, 0.2) is 0 Å². The van der Waals surface area contributed by atoms with Crippen LogP contribution in [0.1, 0.15) is 29.6 Å². The van der Waals surface area contributed by atoms with Crippen molar-refractivity contribution in [2.45, 2.75) is 19.3 Å². The van der Waals surface area contributed by atoms with Gasteiger partial charge in [-0.2, -0.15) is 5.10 Å². The Morgan fingerprint density at radius 1 is 1.44 bits per heavy atom. The highest BCUT2D eigenvalue weighted by Gasteiger charge is 2.14. The highest BCUT2D eigenvalue weighted by atomic mass is 16.1. The second-order valence-electron chi connectivity index (χ2n) is 4.73. The third-order valence-electron chi connectivity index (χ3n) is 3.39. The van der Waals surface area contributed by atoms with E-state index in [-0.39, 0.29) is 5.91 Å². The fourth-order valence-electron chi connectivity index (χ4n) is 2.23. The van der Waals surface area contributed by atoms with E-state index in [1.807, 2.05) is 0 Å². The number of hydrogen-bond donors (Lipinski definition) is 2. The zero-order valence-corrected chi connectivity index (χ0v) is 10.9. The van der Waals surface area contributed by atoms with Crippen molar-refractivity contribution >= 4 is 11.7 Å². The number of carbonyl (C=O) groups is 1.